The Labute approximate surface area is 181 Å². The number of hydrogen-bond donors (Lipinski definition) is 1. The van der Waals surface area contributed by atoms with E-state index in [4.69, 9.17) is 11.6 Å². The van der Waals surface area contributed by atoms with E-state index in [2.05, 4.69) is 4.99 Å². The molecule has 0 aliphatic carbocycles. The molecule has 2 aromatic rings. The molecule has 1 N–H and O–H groups in total. The van der Waals surface area contributed by atoms with Gasteiger partial charge in [-0.15, -0.1) is 11.8 Å². The van der Waals surface area contributed by atoms with Crippen LogP contribution in [0.5, 0.6) is 0 Å². The van der Waals surface area contributed by atoms with Crippen molar-refractivity contribution in [3.63, 3.8) is 0 Å². The first kappa shape index (κ1) is 21.5. The number of hydrogen-bond acceptors (Lipinski definition) is 4. The number of halogens is 5. The zero-order valence-electron chi connectivity index (χ0n) is 16.2. The molecule has 0 aromatic heterocycles. The van der Waals surface area contributed by atoms with E-state index < -0.39 is 23.4 Å². The molecule has 3 heterocycles. The lowest BCUT2D eigenvalue weighted by atomic mass is 10.0. The van der Waals surface area contributed by atoms with Gasteiger partial charge in [0, 0.05) is 41.4 Å². The normalized spacial score (nSPS) is 20.7. The van der Waals surface area contributed by atoms with Crippen LogP contribution in [0.15, 0.2) is 46.3 Å². The van der Waals surface area contributed by atoms with Crippen LogP contribution in [0.1, 0.15) is 24.0 Å². The molecule has 1 saturated heterocycles. The average molecular weight is 458 g/mol. The monoisotopic (exact) mass is 457 g/mol. The second-order valence-corrected chi connectivity index (χ2v) is 9.04. The highest BCUT2D eigenvalue weighted by Gasteiger charge is 2.44. The van der Waals surface area contributed by atoms with Gasteiger partial charge in [-0.05, 0) is 48.9 Å². The fourth-order valence-corrected chi connectivity index (χ4v) is 4.66. The Bertz CT molecular complexity index is 973. The van der Waals surface area contributed by atoms with Gasteiger partial charge in [-0.2, -0.15) is 8.78 Å². The van der Waals surface area contributed by atoms with Crippen LogP contribution in [0.2, 0.25) is 5.02 Å². The highest BCUT2D eigenvalue weighted by Crippen LogP contribution is 2.36. The standard InChI is InChI=1S/C21H20ClF4N3S/c1-13-10-16(23)17-11-18(13)30-12-21(25,26)28-20(24)6-8-29(9-7-20)19(27-17)14-2-4-15(22)5-3-14/h2-5,10-11,28H,6-9,12H2,1H3. The van der Waals surface area contributed by atoms with Gasteiger partial charge in [-0.3, -0.25) is 0 Å². The zero-order valence-corrected chi connectivity index (χ0v) is 17.8. The van der Waals surface area contributed by atoms with E-state index >= 15 is 4.39 Å². The number of fused-ring (bicyclic) bond motifs is 5. The minimum Gasteiger partial charge on any atom is -0.356 e. The molecule has 30 heavy (non-hydrogen) atoms. The molecule has 3 aliphatic rings. The van der Waals surface area contributed by atoms with Gasteiger partial charge in [-0.1, -0.05) is 11.6 Å². The van der Waals surface area contributed by atoms with E-state index in [1.54, 1.807) is 36.1 Å². The quantitative estimate of drug-likeness (QED) is 0.426. The molecule has 160 valence electrons. The van der Waals surface area contributed by atoms with E-state index in [-0.39, 0.29) is 31.6 Å². The van der Waals surface area contributed by atoms with E-state index in [0.29, 0.717) is 26.9 Å². The fourth-order valence-electron chi connectivity index (χ4n) is 3.64. The molecule has 3 nitrogen and oxygen atoms in total. The predicted octanol–water partition coefficient (Wildman–Crippen LogP) is 5.92. The Hall–Kier alpha value is -1.77. The smallest absolute Gasteiger partial charge is 0.314 e. The molecule has 4 bridgehead atoms. The summed E-state index contributed by atoms with van der Waals surface area (Å²) in [4.78, 5) is 6.82. The molecule has 2 aromatic carbocycles. The number of piperidine rings is 1. The molecule has 3 aliphatic heterocycles. The molecule has 5 rings (SSSR count). The highest BCUT2D eigenvalue weighted by atomic mass is 35.5. The van der Waals surface area contributed by atoms with E-state index in [1.165, 1.54) is 12.1 Å². The second-order valence-electron chi connectivity index (χ2n) is 7.58. The number of aryl methyl sites for hydroxylation is 1. The van der Waals surface area contributed by atoms with Crippen LogP contribution in [0.3, 0.4) is 0 Å². The van der Waals surface area contributed by atoms with Gasteiger partial charge in [0.1, 0.15) is 17.3 Å². The SMILES string of the molecule is Cc1cc(F)c2cc1SCC(F)(F)NC1(F)CCN(CC1)C(c1ccc(Cl)cc1)=N2. The molecule has 1 fully saturated rings. The second kappa shape index (κ2) is 8.05. The van der Waals surface area contributed by atoms with Crippen LogP contribution >= 0.6 is 23.4 Å². The minimum absolute atomic E-state index is 0.0562. The lowest BCUT2D eigenvalue weighted by Gasteiger charge is -2.40. The summed E-state index contributed by atoms with van der Waals surface area (Å²) in [5.41, 5.74) is 1.27. The summed E-state index contributed by atoms with van der Waals surface area (Å²) in [6.07, 6.45) is -0.280. The number of alkyl halides is 3. The van der Waals surface area contributed by atoms with Crippen LogP contribution < -0.4 is 5.32 Å². The summed E-state index contributed by atoms with van der Waals surface area (Å²) in [6.45, 7) is 1.97. The maximum absolute atomic E-state index is 15.1. The molecule has 0 unspecified atom stereocenters. The Morgan fingerprint density at radius 2 is 1.77 bits per heavy atom. The van der Waals surface area contributed by atoms with Crippen LogP contribution in [0, 0.1) is 12.7 Å². The number of nitrogens with one attached hydrogen (secondary N) is 1. The summed E-state index contributed by atoms with van der Waals surface area (Å²) < 4.78 is 58.7. The highest BCUT2D eigenvalue weighted by molar-refractivity contribution is 7.99. The average Bonchev–Trinajstić information content (AvgIpc) is 2.68. The van der Waals surface area contributed by atoms with E-state index in [0.717, 1.165) is 11.8 Å². The molecular weight excluding hydrogens is 438 g/mol. The van der Waals surface area contributed by atoms with Crippen molar-refractivity contribution in [3.8, 4) is 0 Å². The van der Waals surface area contributed by atoms with Crippen LogP contribution in [0.4, 0.5) is 23.2 Å². The predicted molar refractivity (Wildman–Crippen MR) is 112 cm³/mol. The summed E-state index contributed by atoms with van der Waals surface area (Å²) in [6, 6.07) is 6.25. The zero-order chi connectivity index (χ0) is 21.5. The van der Waals surface area contributed by atoms with Crippen molar-refractivity contribution >= 4 is 34.9 Å². The number of benzene rings is 2. The summed E-state index contributed by atoms with van der Waals surface area (Å²) in [7, 11) is 0. The first-order valence-electron chi connectivity index (χ1n) is 9.53. The Balaban J connectivity index is 1.84. The first-order chi connectivity index (χ1) is 14.1. The van der Waals surface area contributed by atoms with Gasteiger partial charge in [0.2, 0.25) is 0 Å². The maximum atomic E-state index is 15.1. The third kappa shape index (κ3) is 4.60. The molecule has 0 spiro atoms. The van der Waals surface area contributed by atoms with Crippen molar-refractivity contribution in [3.05, 3.63) is 58.4 Å². The Morgan fingerprint density at radius 1 is 1.10 bits per heavy atom. The lowest BCUT2D eigenvalue weighted by Crippen LogP contribution is -2.58. The molecule has 0 atom stereocenters. The minimum atomic E-state index is -3.41. The molecule has 0 amide bonds. The van der Waals surface area contributed by atoms with E-state index in [9.17, 15) is 13.2 Å². The lowest BCUT2D eigenvalue weighted by molar-refractivity contribution is -0.0921. The van der Waals surface area contributed by atoms with Gasteiger partial charge >= 0.3 is 6.05 Å². The van der Waals surface area contributed by atoms with Crippen LogP contribution in [0.25, 0.3) is 0 Å². The number of thioether (sulfide) groups is 1. The van der Waals surface area contributed by atoms with Gasteiger partial charge in [-0.25, -0.2) is 19.1 Å². The van der Waals surface area contributed by atoms with Gasteiger partial charge < -0.3 is 4.90 Å². The summed E-state index contributed by atoms with van der Waals surface area (Å²) >= 11 is 6.84. The molecular formula is C21H20ClF4N3S. The first-order valence-corrected chi connectivity index (χ1v) is 10.9. The van der Waals surface area contributed by atoms with Crippen molar-refractivity contribution < 1.29 is 17.6 Å². The van der Waals surface area contributed by atoms with Gasteiger partial charge in [0.25, 0.3) is 0 Å². The summed E-state index contributed by atoms with van der Waals surface area (Å²) in [5.74, 6) is -2.93. The topological polar surface area (TPSA) is 27.6 Å². The maximum Gasteiger partial charge on any atom is 0.314 e. The van der Waals surface area contributed by atoms with Gasteiger partial charge in [0.15, 0.2) is 5.79 Å². The van der Waals surface area contributed by atoms with E-state index in [1.807, 2.05) is 5.32 Å². The van der Waals surface area contributed by atoms with Gasteiger partial charge in [0.05, 0.1) is 5.75 Å². The Kier molecular flexibility index (Phi) is 5.76. The third-order valence-electron chi connectivity index (χ3n) is 5.24. The van der Waals surface area contributed by atoms with Crippen molar-refractivity contribution in [1.82, 2.24) is 10.2 Å². The van der Waals surface area contributed by atoms with Crippen LogP contribution in [-0.4, -0.2) is 41.4 Å². The third-order valence-corrected chi connectivity index (χ3v) is 6.75. The molecule has 0 saturated carbocycles. The van der Waals surface area contributed by atoms with Crippen molar-refractivity contribution in [2.45, 2.75) is 36.5 Å². The number of nitrogens with zero attached hydrogens (tertiary/aromatic N) is 2. The largest absolute Gasteiger partial charge is 0.356 e. The number of rotatable bonds is 1. The van der Waals surface area contributed by atoms with Crippen LogP contribution in [-0.2, 0) is 0 Å². The summed E-state index contributed by atoms with van der Waals surface area (Å²) in [5, 5.41) is 2.46. The molecule has 0 radical (unpaired) electrons. The van der Waals surface area contributed by atoms with Crippen molar-refractivity contribution in [2.24, 2.45) is 4.99 Å². The van der Waals surface area contributed by atoms with Crippen molar-refractivity contribution in [2.75, 3.05) is 18.8 Å². The van der Waals surface area contributed by atoms with Crippen molar-refractivity contribution in [1.29, 1.82) is 0 Å². The molecule has 9 heteroatoms. The Morgan fingerprint density at radius 3 is 2.43 bits per heavy atom. The fraction of sp³-hybridized carbons (Fsp3) is 0.381. The number of amidine groups is 1. The number of aliphatic imine (C=N–C) groups is 1.